The monoisotopic (exact) mass is 324 g/mol. The van der Waals surface area contributed by atoms with Gasteiger partial charge in [0.1, 0.15) is 5.82 Å². The van der Waals surface area contributed by atoms with Crippen LogP contribution in [0, 0.1) is 5.92 Å². The van der Waals surface area contributed by atoms with Crippen LogP contribution in [0.15, 0.2) is 36.7 Å². The van der Waals surface area contributed by atoms with Gasteiger partial charge in [0, 0.05) is 38.2 Å². The zero-order chi connectivity index (χ0) is 16.5. The Morgan fingerprint density at radius 1 is 1.25 bits per heavy atom. The van der Waals surface area contributed by atoms with Gasteiger partial charge in [0.2, 0.25) is 0 Å². The minimum absolute atomic E-state index is 0.00383. The van der Waals surface area contributed by atoms with E-state index < -0.39 is 0 Å². The number of benzene rings is 1. The molecule has 0 unspecified atom stereocenters. The van der Waals surface area contributed by atoms with Crippen LogP contribution in [0.5, 0.6) is 0 Å². The van der Waals surface area contributed by atoms with Crippen molar-refractivity contribution in [3.8, 4) is 0 Å². The van der Waals surface area contributed by atoms with Crippen LogP contribution >= 0.6 is 0 Å². The standard InChI is InChI=1S/C19H24N4O/c1-22-13-10-20-18(22)17(14-8-9-14)21-19(24)15-6-2-3-7-16(15)23-11-4-5-12-23/h2-3,6-7,10,13-14,17H,4-5,8-9,11-12H2,1H3,(H,21,24)/t17-/m0/s1. The zero-order valence-electron chi connectivity index (χ0n) is 14.1. The summed E-state index contributed by atoms with van der Waals surface area (Å²) in [6.45, 7) is 2.07. The Morgan fingerprint density at radius 3 is 2.67 bits per heavy atom. The van der Waals surface area contributed by atoms with Gasteiger partial charge in [0.25, 0.3) is 5.91 Å². The molecule has 4 rings (SSSR count). The molecule has 1 aliphatic carbocycles. The molecule has 2 heterocycles. The number of nitrogens with one attached hydrogen (secondary N) is 1. The van der Waals surface area contributed by atoms with Crippen molar-refractivity contribution in [1.82, 2.24) is 14.9 Å². The molecule has 1 atom stereocenters. The molecule has 0 radical (unpaired) electrons. The van der Waals surface area contributed by atoms with E-state index in [0.717, 1.165) is 43.0 Å². The van der Waals surface area contributed by atoms with Crippen molar-refractivity contribution >= 4 is 11.6 Å². The van der Waals surface area contributed by atoms with Gasteiger partial charge in [0.15, 0.2) is 0 Å². The molecular weight excluding hydrogens is 300 g/mol. The second kappa shape index (κ2) is 6.30. The number of rotatable bonds is 5. The highest BCUT2D eigenvalue weighted by Crippen LogP contribution is 2.40. The molecule has 24 heavy (non-hydrogen) atoms. The zero-order valence-corrected chi connectivity index (χ0v) is 14.1. The number of hydrogen-bond donors (Lipinski definition) is 1. The first-order chi connectivity index (χ1) is 11.7. The number of carbonyl (C=O) groups is 1. The molecule has 0 bridgehead atoms. The molecule has 0 spiro atoms. The molecule has 1 aromatic carbocycles. The Morgan fingerprint density at radius 2 is 2.00 bits per heavy atom. The second-order valence-electron chi connectivity index (χ2n) is 6.90. The summed E-state index contributed by atoms with van der Waals surface area (Å²) in [6.07, 6.45) is 8.46. The SMILES string of the molecule is Cn1ccnc1[C@@H](NC(=O)c1ccccc1N1CCCC1)C1CC1. The maximum Gasteiger partial charge on any atom is 0.253 e. The summed E-state index contributed by atoms with van der Waals surface area (Å²) in [4.78, 5) is 19.8. The van der Waals surface area contributed by atoms with Crippen LogP contribution in [0.3, 0.4) is 0 Å². The van der Waals surface area contributed by atoms with E-state index in [1.165, 1.54) is 12.8 Å². The lowest BCUT2D eigenvalue weighted by Crippen LogP contribution is -2.33. The fourth-order valence-electron chi connectivity index (χ4n) is 3.62. The number of hydrogen-bond acceptors (Lipinski definition) is 3. The van der Waals surface area contributed by atoms with E-state index in [9.17, 15) is 4.79 Å². The molecule has 1 saturated heterocycles. The van der Waals surface area contributed by atoms with Crippen LogP contribution in [-0.4, -0.2) is 28.5 Å². The average molecular weight is 324 g/mol. The Hall–Kier alpha value is -2.30. The van der Waals surface area contributed by atoms with E-state index in [1.807, 2.05) is 36.0 Å². The smallest absolute Gasteiger partial charge is 0.253 e. The van der Waals surface area contributed by atoms with Gasteiger partial charge in [-0.1, -0.05) is 12.1 Å². The number of para-hydroxylation sites is 1. The summed E-state index contributed by atoms with van der Waals surface area (Å²) in [5.41, 5.74) is 1.83. The number of aromatic nitrogens is 2. The van der Waals surface area contributed by atoms with Gasteiger partial charge in [-0.3, -0.25) is 4.79 Å². The highest BCUT2D eigenvalue weighted by Gasteiger charge is 2.36. The first-order valence-corrected chi connectivity index (χ1v) is 8.86. The third-order valence-corrected chi connectivity index (χ3v) is 5.11. The van der Waals surface area contributed by atoms with Gasteiger partial charge >= 0.3 is 0 Å². The van der Waals surface area contributed by atoms with Crippen LogP contribution < -0.4 is 10.2 Å². The quantitative estimate of drug-likeness (QED) is 0.920. The Kier molecular flexibility index (Phi) is 4.00. The molecule has 1 aliphatic heterocycles. The molecule has 2 aliphatic rings. The highest BCUT2D eigenvalue weighted by atomic mass is 16.1. The molecule has 5 nitrogen and oxygen atoms in total. The normalized spacial score (nSPS) is 18.6. The van der Waals surface area contributed by atoms with Crippen molar-refractivity contribution in [2.75, 3.05) is 18.0 Å². The lowest BCUT2D eigenvalue weighted by Gasteiger charge is -2.23. The number of amides is 1. The molecule has 1 aromatic heterocycles. The van der Waals surface area contributed by atoms with Crippen molar-refractivity contribution in [3.05, 3.63) is 48.0 Å². The van der Waals surface area contributed by atoms with Gasteiger partial charge in [-0.15, -0.1) is 0 Å². The molecular formula is C19H24N4O. The number of aryl methyl sites for hydroxylation is 1. The first kappa shape index (κ1) is 15.2. The molecule has 1 amide bonds. The first-order valence-electron chi connectivity index (χ1n) is 8.86. The van der Waals surface area contributed by atoms with Gasteiger partial charge in [-0.05, 0) is 43.7 Å². The average Bonchev–Trinajstić information content (AvgIpc) is 3.12. The predicted octanol–water partition coefficient (Wildman–Crippen LogP) is 2.90. The minimum Gasteiger partial charge on any atom is -0.371 e. The van der Waals surface area contributed by atoms with Crippen LogP contribution in [0.25, 0.3) is 0 Å². The largest absolute Gasteiger partial charge is 0.371 e. The maximum absolute atomic E-state index is 13.0. The topological polar surface area (TPSA) is 50.2 Å². The van der Waals surface area contributed by atoms with Gasteiger partial charge in [-0.25, -0.2) is 4.98 Å². The van der Waals surface area contributed by atoms with Crippen LogP contribution in [0.2, 0.25) is 0 Å². The van der Waals surface area contributed by atoms with Gasteiger partial charge < -0.3 is 14.8 Å². The third kappa shape index (κ3) is 2.90. The van der Waals surface area contributed by atoms with Crippen LogP contribution in [-0.2, 0) is 7.05 Å². The van der Waals surface area contributed by atoms with E-state index in [-0.39, 0.29) is 11.9 Å². The van der Waals surface area contributed by atoms with Gasteiger partial charge in [-0.2, -0.15) is 0 Å². The van der Waals surface area contributed by atoms with Crippen molar-refractivity contribution < 1.29 is 4.79 Å². The molecule has 5 heteroatoms. The summed E-state index contributed by atoms with van der Waals surface area (Å²) in [5.74, 6) is 1.47. The van der Waals surface area contributed by atoms with Crippen molar-refractivity contribution in [3.63, 3.8) is 0 Å². The molecule has 1 saturated carbocycles. The summed E-state index contributed by atoms with van der Waals surface area (Å²) < 4.78 is 2.01. The molecule has 126 valence electrons. The van der Waals surface area contributed by atoms with E-state index in [1.54, 1.807) is 6.20 Å². The summed E-state index contributed by atoms with van der Waals surface area (Å²) in [6, 6.07) is 7.96. The Balaban J connectivity index is 1.58. The summed E-state index contributed by atoms with van der Waals surface area (Å²) >= 11 is 0. The molecule has 1 N–H and O–H groups in total. The maximum atomic E-state index is 13.0. The Bertz CT molecular complexity index is 728. The highest BCUT2D eigenvalue weighted by molar-refractivity contribution is 6.00. The summed E-state index contributed by atoms with van der Waals surface area (Å²) in [7, 11) is 1.99. The molecule has 2 aromatic rings. The lowest BCUT2D eigenvalue weighted by molar-refractivity contribution is 0.0929. The van der Waals surface area contributed by atoms with E-state index >= 15 is 0 Å². The Labute approximate surface area is 142 Å². The van der Waals surface area contributed by atoms with Crippen LogP contribution in [0.1, 0.15) is 47.9 Å². The van der Waals surface area contributed by atoms with Gasteiger partial charge in [0.05, 0.1) is 11.6 Å². The van der Waals surface area contributed by atoms with E-state index in [4.69, 9.17) is 0 Å². The fraction of sp³-hybridized carbons (Fsp3) is 0.474. The van der Waals surface area contributed by atoms with E-state index in [0.29, 0.717) is 5.92 Å². The second-order valence-corrected chi connectivity index (χ2v) is 6.90. The minimum atomic E-state index is 0.00383. The number of nitrogens with zero attached hydrogens (tertiary/aromatic N) is 3. The number of imidazole rings is 1. The summed E-state index contributed by atoms with van der Waals surface area (Å²) in [5, 5.41) is 3.25. The lowest BCUT2D eigenvalue weighted by atomic mass is 10.1. The predicted molar refractivity (Wildman–Crippen MR) is 94.0 cm³/mol. The third-order valence-electron chi connectivity index (χ3n) is 5.11. The molecule has 2 fully saturated rings. The number of anilines is 1. The van der Waals surface area contributed by atoms with Crippen LogP contribution in [0.4, 0.5) is 5.69 Å². The van der Waals surface area contributed by atoms with Crippen molar-refractivity contribution in [2.24, 2.45) is 13.0 Å². The van der Waals surface area contributed by atoms with E-state index in [2.05, 4.69) is 21.3 Å². The fourth-order valence-corrected chi connectivity index (χ4v) is 3.62. The number of carbonyl (C=O) groups excluding carboxylic acids is 1. The van der Waals surface area contributed by atoms with Crippen molar-refractivity contribution in [1.29, 1.82) is 0 Å². The van der Waals surface area contributed by atoms with Crippen molar-refractivity contribution in [2.45, 2.75) is 31.7 Å².